The number of aromatic nitrogens is 4. The van der Waals surface area contributed by atoms with Crippen molar-refractivity contribution in [3.63, 3.8) is 0 Å². The van der Waals surface area contributed by atoms with E-state index in [0.717, 1.165) is 0 Å². The number of carbonyl (C=O) groups is 1. The van der Waals surface area contributed by atoms with Crippen LogP contribution in [0.3, 0.4) is 0 Å². The lowest BCUT2D eigenvalue weighted by molar-refractivity contribution is -0.123. The number of aryl methyl sites for hydroxylation is 1. The monoisotopic (exact) mass is 410 g/mol. The summed E-state index contributed by atoms with van der Waals surface area (Å²) in [4.78, 5) is 20.1. The number of carbonyl (C=O) groups excluding carboxylic acids is 1. The third kappa shape index (κ3) is 4.97. The first-order chi connectivity index (χ1) is 13.2. The van der Waals surface area contributed by atoms with Crippen molar-refractivity contribution >= 4 is 29.1 Å². The van der Waals surface area contributed by atoms with Crippen molar-refractivity contribution in [1.82, 2.24) is 25.1 Å². The summed E-state index contributed by atoms with van der Waals surface area (Å²) in [6, 6.07) is 9.31. The van der Waals surface area contributed by atoms with E-state index < -0.39 is 18.6 Å². The number of amides is 1. The molecule has 3 rings (SSSR count). The number of hydrogen-bond donors (Lipinski definition) is 2. The third-order valence-corrected chi connectivity index (χ3v) is 3.82. The lowest BCUT2D eigenvalue weighted by Gasteiger charge is -2.08. The predicted octanol–water partition coefficient (Wildman–Crippen LogP) is 3.57. The minimum absolute atomic E-state index is 0.106. The number of alkyl halides is 3. The number of hydrogen-bond acceptors (Lipinski definition) is 5. The van der Waals surface area contributed by atoms with Crippen molar-refractivity contribution in [3.05, 3.63) is 53.3 Å². The number of nitrogens with zero attached hydrogens (tertiary/aromatic N) is 4. The minimum Gasteiger partial charge on any atom is -0.343 e. The molecular weight excluding hydrogens is 397 g/mol. The van der Waals surface area contributed by atoms with Crippen LogP contribution in [0, 0.1) is 0 Å². The van der Waals surface area contributed by atoms with Crippen LogP contribution in [0.2, 0.25) is 5.15 Å². The molecule has 3 aromatic rings. The van der Waals surface area contributed by atoms with Gasteiger partial charge in [0.1, 0.15) is 11.7 Å². The minimum atomic E-state index is -4.46. The number of benzene rings is 1. The first kappa shape index (κ1) is 19.6. The number of anilines is 2. The average Bonchev–Trinajstić information content (AvgIpc) is 3.02. The zero-order valence-corrected chi connectivity index (χ0v) is 15.2. The first-order valence-corrected chi connectivity index (χ1v) is 8.34. The van der Waals surface area contributed by atoms with Crippen LogP contribution in [0.4, 0.5) is 24.8 Å². The predicted molar refractivity (Wildman–Crippen MR) is 97.4 cm³/mol. The SMILES string of the molecule is Cn1nc(-c2ccc(C(=O)NCC(F)(F)F)cc2)nc1Nc1ccc(Cl)nc1. The molecule has 1 aromatic carbocycles. The Bertz CT molecular complexity index is 970. The van der Waals surface area contributed by atoms with Gasteiger partial charge in [0.25, 0.3) is 5.91 Å². The maximum atomic E-state index is 12.2. The van der Waals surface area contributed by atoms with Crippen LogP contribution in [0.5, 0.6) is 0 Å². The van der Waals surface area contributed by atoms with Gasteiger partial charge < -0.3 is 10.6 Å². The van der Waals surface area contributed by atoms with E-state index in [1.165, 1.54) is 16.8 Å². The molecule has 2 N–H and O–H groups in total. The second-order valence-electron chi connectivity index (χ2n) is 5.75. The molecular formula is C17H14ClF3N6O. The summed E-state index contributed by atoms with van der Waals surface area (Å²) < 4.78 is 38.1. The molecule has 0 bridgehead atoms. The van der Waals surface area contributed by atoms with Gasteiger partial charge in [-0.3, -0.25) is 4.79 Å². The molecule has 0 aliphatic rings. The first-order valence-electron chi connectivity index (χ1n) is 7.96. The standard InChI is InChI=1S/C17H14ClF3N6O/c1-27-16(24-12-6-7-13(18)22-8-12)25-14(26-27)10-2-4-11(5-3-10)15(28)23-9-17(19,20)21/h2-8H,9H2,1H3,(H,23,28)(H,24,25,26). The largest absolute Gasteiger partial charge is 0.405 e. The summed E-state index contributed by atoms with van der Waals surface area (Å²) in [6.07, 6.45) is -2.92. The molecule has 146 valence electrons. The van der Waals surface area contributed by atoms with E-state index in [-0.39, 0.29) is 5.56 Å². The van der Waals surface area contributed by atoms with Crippen LogP contribution in [0.25, 0.3) is 11.4 Å². The highest BCUT2D eigenvalue weighted by Crippen LogP contribution is 2.21. The molecule has 0 unspecified atom stereocenters. The Balaban J connectivity index is 1.72. The number of rotatable bonds is 5. The van der Waals surface area contributed by atoms with Gasteiger partial charge >= 0.3 is 6.18 Å². The molecule has 0 aliphatic carbocycles. The molecule has 11 heteroatoms. The summed E-state index contributed by atoms with van der Waals surface area (Å²) in [7, 11) is 1.70. The Labute approximate surface area is 162 Å². The van der Waals surface area contributed by atoms with Crippen LogP contribution < -0.4 is 10.6 Å². The van der Waals surface area contributed by atoms with Crippen LogP contribution in [0.1, 0.15) is 10.4 Å². The molecule has 1 amide bonds. The van der Waals surface area contributed by atoms with E-state index in [1.54, 1.807) is 37.5 Å². The summed E-state index contributed by atoms with van der Waals surface area (Å²) in [5.41, 5.74) is 1.38. The van der Waals surface area contributed by atoms with Gasteiger partial charge in [0, 0.05) is 18.2 Å². The van der Waals surface area contributed by atoms with Crippen molar-refractivity contribution in [2.45, 2.75) is 6.18 Å². The lowest BCUT2D eigenvalue weighted by Crippen LogP contribution is -2.33. The quantitative estimate of drug-likeness (QED) is 0.628. The Hall–Kier alpha value is -3.14. The van der Waals surface area contributed by atoms with Crippen LogP contribution in [-0.2, 0) is 7.05 Å². The molecule has 0 spiro atoms. The second-order valence-corrected chi connectivity index (χ2v) is 6.14. The Morgan fingerprint density at radius 1 is 1.18 bits per heavy atom. The van der Waals surface area contributed by atoms with Gasteiger partial charge in [0.2, 0.25) is 5.95 Å². The van der Waals surface area contributed by atoms with Gasteiger partial charge in [0.05, 0.1) is 11.9 Å². The molecule has 0 radical (unpaired) electrons. The Kier molecular flexibility index (Phi) is 5.50. The molecule has 0 fully saturated rings. The number of halogens is 4. The molecule has 0 atom stereocenters. The number of pyridine rings is 1. The Morgan fingerprint density at radius 3 is 2.50 bits per heavy atom. The van der Waals surface area contributed by atoms with Crippen LogP contribution in [-0.4, -0.2) is 38.4 Å². The zero-order valence-electron chi connectivity index (χ0n) is 14.5. The van der Waals surface area contributed by atoms with Gasteiger partial charge in [-0.25, -0.2) is 9.67 Å². The molecule has 0 saturated heterocycles. The van der Waals surface area contributed by atoms with Crippen molar-refractivity contribution in [2.75, 3.05) is 11.9 Å². The van der Waals surface area contributed by atoms with Gasteiger partial charge in [-0.05, 0) is 24.3 Å². The van der Waals surface area contributed by atoms with Gasteiger partial charge in [-0.2, -0.15) is 18.2 Å². The molecule has 2 heterocycles. The maximum absolute atomic E-state index is 12.2. The lowest BCUT2D eigenvalue weighted by atomic mass is 10.1. The second kappa shape index (κ2) is 7.85. The number of nitrogens with one attached hydrogen (secondary N) is 2. The fourth-order valence-electron chi connectivity index (χ4n) is 2.25. The Morgan fingerprint density at radius 2 is 1.89 bits per heavy atom. The fourth-order valence-corrected chi connectivity index (χ4v) is 2.36. The van der Waals surface area contributed by atoms with E-state index in [1.807, 2.05) is 5.32 Å². The van der Waals surface area contributed by atoms with Crippen molar-refractivity contribution in [1.29, 1.82) is 0 Å². The van der Waals surface area contributed by atoms with E-state index in [9.17, 15) is 18.0 Å². The summed E-state index contributed by atoms with van der Waals surface area (Å²) in [6.45, 7) is -1.38. The molecule has 7 nitrogen and oxygen atoms in total. The molecule has 0 aliphatic heterocycles. The topological polar surface area (TPSA) is 84.7 Å². The smallest absolute Gasteiger partial charge is 0.343 e. The van der Waals surface area contributed by atoms with Gasteiger partial charge in [0.15, 0.2) is 5.82 Å². The molecule has 0 saturated carbocycles. The zero-order chi connectivity index (χ0) is 20.3. The van der Waals surface area contributed by atoms with Crippen molar-refractivity contribution in [3.8, 4) is 11.4 Å². The fraction of sp³-hybridized carbons (Fsp3) is 0.176. The van der Waals surface area contributed by atoms with Crippen molar-refractivity contribution in [2.24, 2.45) is 7.05 Å². The van der Waals surface area contributed by atoms with E-state index in [0.29, 0.717) is 28.2 Å². The van der Waals surface area contributed by atoms with Crippen molar-refractivity contribution < 1.29 is 18.0 Å². The maximum Gasteiger partial charge on any atom is 0.405 e. The highest BCUT2D eigenvalue weighted by atomic mass is 35.5. The van der Waals surface area contributed by atoms with Crippen LogP contribution >= 0.6 is 11.6 Å². The summed E-state index contributed by atoms with van der Waals surface area (Å²) in [5, 5.41) is 9.51. The van der Waals surface area contributed by atoms with E-state index in [4.69, 9.17) is 11.6 Å². The molecule has 28 heavy (non-hydrogen) atoms. The highest BCUT2D eigenvalue weighted by Gasteiger charge is 2.27. The van der Waals surface area contributed by atoms with Gasteiger partial charge in [-0.1, -0.05) is 23.7 Å². The van der Waals surface area contributed by atoms with Crippen LogP contribution in [0.15, 0.2) is 42.6 Å². The molecule has 2 aromatic heterocycles. The van der Waals surface area contributed by atoms with E-state index in [2.05, 4.69) is 20.4 Å². The average molecular weight is 411 g/mol. The van der Waals surface area contributed by atoms with Gasteiger partial charge in [-0.15, -0.1) is 5.10 Å². The van der Waals surface area contributed by atoms with E-state index >= 15 is 0 Å². The summed E-state index contributed by atoms with van der Waals surface area (Å²) in [5.74, 6) is 0.0238. The summed E-state index contributed by atoms with van der Waals surface area (Å²) >= 11 is 5.75. The highest BCUT2D eigenvalue weighted by molar-refractivity contribution is 6.29. The normalized spacial score (nSPS) is 11.3. The third-order valence-electron chi connectivity index (χ3n) is 3.60.